The van der Waals surface area contributed by atoms with Crippen molar-refractivity contribution in [3.63, 3.8) is 0 Å². The van der Waals surface area contributed by atoms with Crippen LogP contribution in [0.25, 0.3) is 0 Å². The van der Waals surface area contributed by atoms with Crippen LogP contribution in [-0.2, 0) is 9.59 Å². The number of aromatic nitrogens is 1. The van der Waals surface area contributed by atoms with Gasteiger partial charge in [0.05, 0.1) is 24.2 Å². The van der Waals surface area contributed by atoms with Crippen molar-refractivity contribution in [1.29, 1.82) is 5.26 Å². The van der Waals surface area contributed by atoms with E-state index in [2.05, 4.69) is 28.3 Å². The Labute approximate surface area is 286 Å². The lowest BCUT2D eigenvalue weighted by Crippen LogP contribution is -2.59. The highest BCUT2D eigenvalue weighted by Crippen LogP contribution is 2.41. The second-order valence-corrected chi connectivity index (χ2v) is 14.2. The van der Waals surface area contributed by atoms with Crippen molar-refractivity contribution in [3.05, 3.63) is 98.6 Å². The molecule has 2 aromatic carbocycles. The van der Waals surface area contributed by atoms with Gasteiger partial charge in [-0.15, -0.1) is 0 Å². The summed E-state index contributed by atoms with van der Waals surface area (Å²) in [6.07, 6.45) is 2.33. The molecule has 0 spiro atoms. The van der Waals surface area contributed by atoms with Gasteiger partial charge in [-0.3, -0.25) is 14.5 Å². The minimum Gasteiger partial charge on any atom is -0.351 e. The van der Waals surface area contributed by atoms with E-state index in [4.69, 9.17) is 11.6 Å². The number of nitriles is 1. The lowest BCUT2D eigenvalue weighted by molar-refractivity contribution is -0.123. The number of nitrogens with one attached hydrogen (secondary N) is 2. The molecule has 2 N–H and O–H groups in total. The van der Waals surface area contributed by atoms with E-state index >= 15 is 0 Å². The first-order chi connectivity index (χ1) is 21.0. The molecule has 2 fully saturated rings. The van der Waals surface area contributed by atoms with Crippen molar-refractivity contribution in [2.24, 2.45) is 0 Å². The zero-order chi connectivity index (χ0) is 31.6. The van der Waals surface area contributed by atoms with Crippen LogP contribution in [0.3, 0.4) is 0 Å². The van der Waals surface area contributed by atoms with Crippen LogP contribution in [0.2, 0.25) is 5.02 Å². The Morgan fingerprint density at radius 2 is 2.07 bits per heavy atom. The van der Waals surface area contributed by atoms with Gasteiger partial charge in [-0.1, -0.05) is 36.4 Å². The van der Waals surface area contributed by atoms with Crippen LogP contribution >= 0.6 is 56.8 Å². The van der Waals surface area contributed by atoms with E-state index in [-0.39, 0.29) is 42.0 Å². The summed E-state index contributed by atoms with van der Waals surface area (Å²) in [6.45, 7) is 4.61. The zero-order valence-electron chi connectivity index (χ0n) is 23.2. The molecule has 2 unspecified atom stereocenters. The van der Waals surface area contributed by atoms with Crippen LogP contribution in [0.4, 0.5) is 20.3 Å². The number of anilines is 2. The van der Waals surface area contributed by atoms with Gasteiger partial charge in [-0.2, -0.15) is 5.26 Å². The molecule has 1 saturated carbocycles. The lowest BCUT2D eigenvalue weighted by atomic mass is 9.99. The molecule has 44 heavy (non-hydrogen) atoms. The fraction of sp³-hybridized carbons (Fsp3) is 0.290. The summed E-state index contributed by atoms with van der Waals surface area (Å²) in [6, 6.07) is 13.9. The molecule has 1 saturated heterocycles. The molecule has 2 aliphatic rings. The van der Waals surface area contributed by atoms with Gasteiger partial charge in [-0.05, 0) is 94.4 Å². The maximum Gasteiger partial charge on any atom is 0.247 e. The summed E-state index contributed by atoms with van der Waals surface area (Å²) in [4.78, 5) is 35.1. The van der Waals surface area contributed by atoms with E-state index < -0.39 is 33.5 Å². The molecule has 1 aliphatic heterocycles. The van der Waals surface area contributed by atoms with Gasteiger partial charge >= 0.3 is 0 Å². The molecule has 5 rings (SSSR count). The molecule has 2 amide bonds. The average molecular weight is 843 g/mol. The van der Waals surface area contributed by atoms with E-state index in [1.165, 1.54) is 35.4 Å². The second kappa shape index (κ2) is 13.6. The second-order valence-electron chi connectivity index (χ2n) is 10.6. The number of piperazine rings is 1. The number of carbonyl (C=O) groups is 2. The van der Waals surface area contributed by atoms with Crippen molar-refractivity contribution in [3.8, 4) is 6.07 Å². The molecule has 2 heterocycles. The van der Waals surface area contributed by atoms with Crippen molar-refractivity contribution in [2.75, 3.05) is 22.9 Å². The monoisotopic (exact) mass is 842 g/mol. The highest BCUT2D eigenvalue weighted by atomic mass is 127. The molecule has 0 bridgehead atoms. The molecule has 8 nitrogen and oxygen atoms in total. The van der Waals surface area contributed by atoms with Crippen LogP contribution in [0.5, 0.6) is 0 Å². The number of rotatable bonds is 8. The maximum atomic E-state index is 15.0. The molecule has 1 aliphatic carbocycles. The van der Waals surface area contributed by atoms with Gasteiger partial charge in [0.1, 0.15) is 17.7 Å². The molecule has 0 radical (unpaired) electrons. The third-order valence-electron chi connectivity index (χ3n) is 7.59. The summed E-state index contributed by atoms with van der Waals surface area (Å²) in [5.74, 6) is -1.11. The van der Waals surface area contributed by atoms with Crippen LogP contribution in [0.1, 0.15) is 36.4 Å². The number of halogens is 5. The fourth-order valence-electron chi connectivity index (χ4n) is 5.61. The minimum absolute atomic E-state index is 0.0114. The quantitative estimate of drug-likeness (QED) is 0.208. The number of benzene rings is 2. The SMILES string of the molecule is C=C([C@@H]1CNCC(=O)N1c1cc(C#N)ccn1)N(c1cc(F)cc(I)c1)[C@H](C(=O)NC1CCC(F)(I)C1)c1ccccc1Cl. The van der Waals surface area contributed by atoms with Crippen molar-refractivity contribution >= 4 is 80.1 Å². The summed E-state index contributed by atoms with van der Waals surface area (Å²) in [7, 11) is 0. The lowest BCUT2D eigenvalue weighted by Gasteiger charge is -2.43. The van der Waals surface area contributed by atoms with E-state index in [0.29, 0.717) is 33.2 Å². The number of nitrogens with zero attached hydrogens (tertiary/aromatic N) is 4. The van der Waals surface area contributed by atoms with Crippen molar-refractivity contribution in [2.45, 2.75) is 41.1 Å². The fourth-order valence-corrected chi connectivity index (χ4v) is 7.31. The van der Waals surface area contributed by atoms with E-state index in [9.17, 15) is 23.6 Å². The summed E-state index contributed by atoms with van der Waals surface area (Å²) in [5.41, 5.74) is 1.30. The summed E-state index contributed by atoms with van der Waals surface area (Å²) >= 11 is 10.5. The number of alkyl halides is 2. The van der Waals surface area contributed by atoms with Gasteiger partial charge < -0.3 is 15.5 Å². The Kier molecular flexibility index (Phi) is 10.1. The van der Waals surface area contributed by atoms with Crippen LogP contribution < -0.4 is 20.4 Å². The van der Waals surface area contributed by atoms with Crippen LogP contribution in [0.15, 0.2) is 73.1 Å². The molecule has 1 aromatic heterocycles. The Hall–Kier alpha value is -2.87. The molecule has 3 aromatic rings. The van der Waals surface area contributed by atoms with Gasteiger partial charge in [0.25, 0.3) is 0 Å². The van der Waals surface area contributed by atoms with E-state index in [1.54, 1.807) is 57.8 Å². The molecule has 13 heteroatoms. The van der Waals surface area contributed by atoms with Gasteiger partial charge in [0.15, 0.2) is 3.68 Å². The standard InChI is InChI=1S/C31H27ClF2I2N6O2/c1-18(26-16-38-17-28(43)42(26)27-10-19(15-37)7-9-39-27)41(23-12-20(33)11-21(35)13-23)29(24-4-2-3-5-25(24)32)30(44)40-22-6-8-31(34,36)14-22/h2-5,7,9-13,22,26,29,38H,1,6,8,14,16-17H2,(H,40,44)/t22?,26-,29-,31?/m0/s1. The van der Waals surface area contributed by atoms with Crippen LogP contribution in [-0.4, -0.2) is 45.6 Å². The highest BCUT2D eigenvalue weighted by molar-refractivity contribution is 14.1. The predicted molar refractivity (Wildman–Crippen MR) is 182 cm³/mol. The molecular weight excluding hydrogens is 816 g/mol. The van der Waals surface area contributed by atoms with E-state index in [1.807, 2.05) is 22.6 Å². The molecular formula is C31H27ClF2I2N6O2. The van der Waals surface area contributed by atoms with Crippen LogP contribution in [0, 0.1) is 20.7 Å². The first-order valence-corrected chi connectivity index (χ1v) is 16.3. The number of amides is 2. The number of carbonyl (C=O) groups excluding carboxylic acids is 2. The Morgan fingerprint density at radius 1 is 1.30 bits per heavy atom. The summed E-state index contributed by atoms with van der Waals surface area (Å²) < 4.78 is 28.9. The smallest absolute Gasteiger partial charge is 0.247 e. The van der Waals surface area contributed by atoms with Gasteiger partial charge in [0, 0.05) is 50.7 Å². The maximum absolute atomic E-state index is 15.0. The number of hydrogen-bond acceptors (Lipinski definition) is 6. The Balaban J connectivity index is 1.65. The van der Waals surface area contributed by atoms with Gasteiger partial charge in [-0.25, -0.2) is 13.8 Å². The van der Waals surface area contributed by atoms with E-state index in [0.717, 1.165) is 0 Å². The predicted octanol–water partition coefficient (Wildman–Crippen LogP) is 6.19. The third-order valence-corrected chi connectivity index (χ3v) is 9.54. The minimum atomic E-state index is -1.43. The zero-order valence-corrected chi connectivity index (χ0v) is 28.3. The third kappa shape index (κ3) is 7.16. The topological polar surface area (TPSA) is 101 Å². The first kappa shape index (κ1) is 32.5. The van der Waals surface area contributed by atoms with Crippen molar-refractivity contribution in [1.82, 2.24) is 15.6 Å². The van der Waals surface area contributed by atoms with Gasteiger partial charge in [0.2, 0.25) is 11.8 Å². The first-order valence-electron chi connectivity index (χ1n) is 13.7. The summed E-state index contributed by atoms with van der Waals surface area (Å²) in [5, 5.41) is 15.9. The van der Waals surface area contributed by atoms with Crippen molar-refractivity contribution < 1.29 is 18.4 Å². The molecule has 228 valence electrons. The number of pyridine rings is 1. The Morgan fingerprint density at radius 3 is 2.75 bits per heavy atom. The molecule has 4 atom stereocenters. The number of hydrogen-bond donors (Lipinski definition) is 2. The normalized spacial score (nSPS) is 22.3. The largest absolute Gasteiger partial charge is 0.351 e. The average Bonchev–Trinajstić information content (AvgIpc) is 3.32. The highest BCUT2D eigenvalue weighted by Gasteiger charge is 2.42. The Bertz CT molecular complexity index is 1630.